The van der Waals surface area contributed by atoms with E-state index >= 15 is 0 Å². The number of anilines is 1. The van der Waals surface area contributed by atoms with Gasteiger partial charge in [0, 0.05) is 38.3 Å². The first-order valence-electron chi connectivity index (χ1n) is 11.9. The first-order valence-corrected chi connectivity index (χ1v) is 11.9. The quantitative estimate of drug-likeness (QED) is 0.543. The molecule has 3 aromatic rings. The van der Waals surface area contributed by atoms with Gasteiger partial charge in [0.1, 0.15) is 0 Å². The van der Waals surface area contributed by atoms with Crippen LogP contribution in [0, 0.1) is 5.92 Å². The molecule has 0 spiro atoms. The molecule has 2 fully saturated rings. The van der Waals surface area contributed by atoms with Crippen LogP contribution < -0.4 is 5.32 Å². The van der Waals surface area contributed by atoms with Crippen molar-refractivity contribution in [3.8, 4) is 11.5 Å². The monoisotopic (exact) mass is 467 g/mol. The van der Waals surface area contributed by atoms with Gasteiger partial charge < -0.3 is 19.5 Å². The Morgan fingerprint density at radius 3 is 2.82 bits per heavy atom. The smallest absolute Gasteiger partial charge is 0.307 e. The van der Waals surface area contributed by atoms with Crippen molar-refractivity contribution in [2.75, 3.05) is 25.0 Å². The van der Waals surface area contributed by atoms with Crippen LogP contribution in [0.5, 0.6) is 0 Å². The lowest BCUT2D eigenvalue weighted by atomic mass is 9.99. The van der Waals surface area contributed by atoms with E-state index in [1.54, 1.807) is 17.1 Å². The maximum Gasteiger partial charge on any atom is 0.307 e. The van der Waals surface area contributed by atoms with Crippen molar-refractivity contribution in [2.24, 2.45) is 5.92 Å². The van der Waals surface area contributed by atoms with E-state index in [9.17, 15) is 9.59 Å². The van der Waals surface area contributed by atoms with Crippen molar-refractivity contribution >= 4 is 28.6 Å². The molecule has 2 aliphatic rings. The number of piperidine rings is 1. The Balaban J connectivity index is 1.42. The summed E-state index contributed by atoms with van der Waals surface area (Å²) in [6.07, 6.45) is 6.51. The van der Waals surface area contributed by atoms with Crippen molar-refractivity contribution in [1.29, 1.82) is 0 Å². The van der Waals surface area contributed by atoms with Crippen molar-refractivity contribution in [1.82, 2.24) is 29.8 Å². The number of carbonyl (C=O) groups is 2. The van der Waals surface area contributed by atoms with Gasteiger partial charge >= 0.3 is 5.97 Å². The molecule has 1 unspecified atom stereocenters. The Morgan fingerprint density at radius 1 is 1.24 bits per heavy atom. The van der Waals surface area contributed by atoms with Gasteiger partial charge in [-0.15, -0.1) is 0 Å². The molecule has 0 aromatic carbocycles. The van der Waals surface area contributed by atoms with Crippen LogP contribution in [-0.2, 0) is 27.3 Å². The van der Waals surface area contributed by atoms with Crippen molar-refractivity contribution in [2.45, 2.75) is 58.5 Å². The summed E-state index contributed by atoms with van der Waals surface area (Å²) in [5, 5.41) is 12.8. The minimum atomic E-state index is -0.231. The maximum atomic E-state index is 12.7. The van der Waals surface area contributed by atoms with Crippen LogP contribution in [0.15, 0.2) is 16.9 Å². The Kier molecular flexibility index (Phi) is 6.16. The lowest BCUT2D eigenvalue weighted by Gasteiger charge is -2.30. The van der Waals surface area contributed by atoms with Crippen LogP contribution in [0.3, 0.4) is 0 Å². The number of aryl methyl sites for hydroxylation is 1. The number of hydrogen-bond donors (Lipinski definition) is 1. The average Bonchev–Trinajstić information content (AvgIpc) is 3.47. The Morgan fingerprint density at radius 2 is 2.06 bits per heavy atom. The normalized spacial score (nSPS) is 19.4. The fraction of sp³-hybridized carbons (Fsp3) is 0.565. The largest absolute Gasteiger partial charge is 0.466 e. The van der Waals surface area contributed by atoms with E-state index in [0.717, 1.165) is 42.7 Å². The van der Waals surface area contributed by atoms with E-state index in [1.807, 2.05) is 11.8 Å². The predicted molar refractivity (Wildman–Crippen MR) is 123 cm³/mol. The van der Waals surface area contributed by atoms with Crippen LogP contribution >= 0.6 is 0 Å². The van der Waals surface area contributed by atoms with Gasteiger partial charge in [-0.1, -0.05) is 12.1 Å². The number of ether oxygens (including phenoxy) is 1. The lowest BCUT2D eigenvalue weighted by molar-refractivity contribution is -0.147. The van der Waals surface area contributed by atoms with Crippen LogP contribution in [0.25, 0.3) is 22.5 Å². The fourth-order valence-corrected chi connectivity index (χ4v) is 4.52. The number of amides is 1. The van der Waals surface area contributed by atoms with Crippen molar-refractivity contribution in [3.63, 3.8) is 0 Å². The van der Waals surface area contributed by atoms with Crippen molar-refractivity contribution in [3.05, 3.63) is 18.2 Å². The van der Waals surface area contributed by atoms with Crippen LogP contribution in [0.4, 0.5) is 5.69 Å². The summed E-state index contributed by atoms with van der Waals surface area (Å²) in [7, 11) is 0. The number of fused-ring (bicyclic) bond motifs is 1. The van der Waals surface area contributed by atoms with Crippen molar-refractivity contribution < 1.29 is 18.8 Å². The summed E-state index contributed by atoms with van der Waals surface area (Å²) in [4.78, 5) is 35.5. The number of nitrogens with zero attached hydrogens (tertiary/aromatic N) is 6. The molecule has 2 aliphatic heterocycles. The van der Waals surface area contributed by atoms with Gasteiger partial charge in [0.05, 0.1) is 42.3 Å². The second kappa shape index (κ2) is 9.40. The molecule has 1 amide bonds. The van der Waals surface area contributed by atoms with Gasteiger partial charge in [-0.05, 0) is 25.7 Å². The molecular weight excluding hydrogens is 438 g/mol. The maximum absolute atomic E-state index is 12.7. The first-order chi connectivity index (χ1) is 16.5. The van der Waals surface area contributed by atoms with E-state index in [2.05, 4.69) is 32.5 Å². The molecular formula is C23H29N7O4. The molecule has 5 rings (SSSR count). The summed E-state index contributed by atoms with van der Waals surface area (Å²) in [6, 6.07) is -0.0963. The van der Waals surface area contributed by atoms with Crippen LogP contribution in [0.1, 0.15) is 45.4 Å². The highest BCUT2D eigenvalue weighted by Gasteiger charge is 2.26. The minimum absolute atomic E-state index is 0.0103. The number of esters is 1. The lowest BCUT2D eigenvalue weighted by Crippen LogP contribution is -2.38. The van der Waals surface area contributed by atoms with Gasteiger partial charge in [-0.2, -0.15) is 10.1 Å². The molecule has 5 heterocycles. The van der Waals surface area contributed by atoms with Gasteiger partial charge in [-0.25, -0.2) is 9.67 Å². The number of rotatable bonds is 6. The highest BCUT2D eigenvalue weighted by Crippen LogP contribution is 2.34. The first kappa shape index (κ1) is 22.3. The molecule has 180 valence electrons. The molecule has 34 heavy (non-hydrogen) atoms. The summed E-state index contributed by atoms with van der Waals surface area (Å²) >= 11 is 0. The molecule has 1 N–H and O–H groups in total. The minimum Gasteiger partial charge on any atom is -0.466 e. The predicted octanol–water partition coefficient (Wildman–Crippen LogP) is 2.42. The third-order valence-electron chi connectivity index (χ3n) is 6.60. The molecule has 2 saturated heterocycles. The van der Waals surface area contributed by atoms with E-state index in [4.69, 9.17) is 9.26 Å². The second-order valence-electron chi connectivity index (χ2n) is 9.05. The van der Waals surface area contributed by atoms with E-state index in [-0.39, 0.29) is 36.7 Å². The Bertz CT molecular complexity index is 1200. The van der Waals surface area contributed by atoms with Crippen LogP contribution in [-0.4, -0.2) is 67.4 Å². The molecule has 1 atom stereocenters. The summed E-state index contributed by atoms with van der Waals surface area (Å²) < 4.78 is 12.4. The number of cyclic esters (lactones) is 1. The molecule has 11 heteroatoms. The van der Waals surface area contributed by atoms with Gasteiger partial charge in [0.25, 0.3) is 5.89 Å². The number of carbonyl (C=O) groups excluding carboxylic acids is 2. The van der Waals surface area contributed by atoms with Gasteiger partial charge in [0.2, 0.25) is 5.91 Å². The molecule has 0 aliphatic carbocycles. The molecule has 11 nitrogen and oxygen atoms in total. The number of nitrogens with one attached hydrogen (secondary N) is 1. The molecule has 0 bridgehead atoms. The Labute approximate surface area is 196 Å². The zero-order chi connectivity index (χ0) is 23.7. The summed E-state index contributed by atoms with van der Waals surface area (Å²) in [5.41, 5.74) is 2.07. The highest BCUT2D eigenvalue weighted by atomic mass is 16.5. The Hall–Kier alpha value is -3.50. The van der Waals surface area contributed by atoms with Gasteiger partial charge in [-0.3, -0.25) is 9.59 Å². The number of hydrogen-bond acceptors (Lipinski definition) is 9. The van der Waals surface area contributed by atoms with Gasteiger partial charge in [0.15, 0.2) is 11.5 Å². The van der Waals surface area contributed by atoms with Crippen LogP contribution in [0.2, 0.25) is 0 Å². The summed E-state index contributed by atoms with van der Waals surface area (Å²) in [5.74, 6) is 1.05. The average molecular weight is 468 g/mol. The van der Waals surface area contributed by atoms with E-state index in [0.29, 0.717) is 36.9 Å². The third-order valence-corrected chi connectivity index (χ3v) is 6.60. The van der Waals surface area contributed by atoms with E-state index in [1.165, 1.54) is 0 Å². The highest BCUT2D eigenvalue weighted by molar-refractivity contribution is 5.96. The zero-order valence-electron chi connectivity index (χ0n) is 19.5. The molecule has 0 radical (unpaired) electrons. The molecule has 3 aromatic heterocycles. The third kappa shape index (κ3) is 4.46. The number of pyridine rings is 1. The SMILES string of the molecule is CCn1ncc2c(NC3CCOC(=O)C3)c(-c3nc(CC(=O)N4CCC(C)CC4)no3)cnc21. The summed E-state index contributed by atoms with van der Waals surface area (Å²) in [6.45, 7) is 6.79. The zero-order valence-corrected chi connectivity index (χ0v) is 19.5. The number of likely N-dealkylation sites (tertiary alicyclic amines) is 1. The fourth-order valence-electron chi connectivity index (χ4n) is 4.52. The number of aromatic nitrogens is 5. The molecule has 0 saturated carbocycles. The second-order valence-corrected chi connectivity index (χ2v) is 9.05. The topological polar surface area (TPSA) is 128 Å². The van der Waals surface area contributed by atoms with E-state index < -0.39 is 0 Å². The standard InChI is InChI=1S/C23H29N7O4/c1-3-30-22-16(13-25-30)21(26-15-6-9-33-20(32)10-15)17(12-24-22)23-27-18(28-34-23)11-19(31)29-7-4-14(2)5-8-29/h12-15H,3-11H2,1-2H3,(H,24,26).